The number of halogens is 1. The Morgan fingerprint density at radius 2 is 1.87 bits per heavy atom. The van der Waals surface area contributed by atoms with E-state index < -0.39 is 0 Å². The molecular formula is C17H20BrNO3S. The SMILES string of the molecule is CCCOc1ccc(OCC(=O)N(C)Cc2cc(Br)cs2)cc1. The third-order valence-corrected chi connectivity index (χ3v) is 4.78. The molecule has 1 aromatic carbocycles. The van der Waals surface area contributed by atoms with E-state index in [1.165, 1.54) is 0 Å². The van der Waals surface area contributed by atoms with E-state index in [-0.39, 0.29) is 12.5 Å². The number of hydrogen-bond donors (Lipinski definition) is 0. The molecule has 0 aliphatic heterocycles. The van der Waals surface area contributed by atoms with Crippen LogP contribution in [0.5, 0.6) is 11.5 Å². The smallest absolute Gasteiger partial charge is 0.260 e. The van der Waals surface area contributed by atoms with Crippen molar-refractivity contribution in [2.24, 2.45) is 0 Å². The van der Waals surface area contributed by atoms with Gasteiger partial charge in [0.1, 0.15) is 11.5 Å². The molecule has 6 heteroatoms. The van der Waals surface area contributed by atoms with Crippen molar-refractivity contribution < 1.29 is 14.3 Å². The molecule has 124 valence electrons. The maximum Gasteiger partial charge on any atom is 0.260 e. The third-order valence-electron chi connectivity index (χ3n) is 3.10. The van der Waals surface area contributed by atoms with Gasteiger partial charge in [0.2, 0.25) is 0 Å². The summed E-state index contributed by atoms with van der Waals surface area (Å²) in [6.45, 7) is 3.37. The fourth-order valence-corrected chi connectivity index (χ4v) is 3.37. The minimum Gasteiger partial charge on any atom is -0.494 e. The highest BCUT2D eigenvalue weighted by Gasteiger charge is 2.11. The molecule has 0 unspecified atom stereocenters. The largest absolute Gasteiger partial charge is 0.494 e. The molecule has 1 heterocycles. The van der Waals surface area contributed by atoms with Gasteiger partial charge in [0.25, 0.3) is 5.91 Å². The second kappa shape index (κ2) is 8.93. The van der Waals surface area contributed by atoms with Crippen LogP contribution in [-0.2, 0) is 11.3 Å². The van der Waals surface area contributed by atoms with Gasteiger partial charge in [-0.2, -0.15) is 0 Å². The summed E-state index contributed by atoms with van der Waals surface area (Å²) in [5.41, 5.74) is 0. The van der Waals surface area contributed by atoms with E-state index in [1.54, 1.807) is 23.3 Å². The zero-order valence-corrected chi connectivity index (χ0v) is 15.7. The highest BCUT2D eigenvalue weighted by atomic mass is 79.9. The van der Waals surface area contributed by atoms with Crippen LogP contribution in [0.25, 0.3) is 0 Å². The Kier molecular flexibility index (Phi) is 6.92. The van der Waals surface area contributed by atoms with Crippen LogP contribution in [0.1, 0.15) is 18.2 Å². The van der Waals surface area contributed by atoms with Gasteiger partial charge in [0.15, 0.2) is 6.61 Å². The highest BCUT2D eigenvalue weighted by Crippen LogP contribution is 2.21. The fraction of sp³-hybridized carbons (Fsp3) is 0.353. The summed E-state index contributed by atoms with van der Waals surface area (Å²) in [6, 6.07) is 9.35. The molecule has 0 saturated carbocycles. The number of rotatable bonds is 8. The van der Waals surface area contributed by atoms with E-state index in [2.05, 4.69) is 22.9 Å². The van der Waals surface area contributed by atoms with E-state index >= 15 is 0 Å². The second-order valence-corrected chi connectivity index (χ2v) is 7.00. The predicted molar refractivity (Wildman–Crippen MR) is 96.2 cm³/mol. The number of amides is 1. The maximum atomic E-state index is 12.1. The number of carbonyl (C=O) groups excluding carboxylic acids is 1. The Morgan fingerprint density at radius 1 is 1.22 bits per heavy atom. The predicted octanol–water partition coefficient (Wildman–Crippen LogP) is 4.34. The summed E-state index contributed by atoms with van der Waals surface area (Å²) in [6.07, 6.45) is 0.972. The van der Waals surface area contributed by atoms with Crippen LogP contribution in [0.4, 0.5) is 0 Å². The molecule has 2 rings (SSSR count). The Bertz CT molecular complexity index is 627. The van der Waals surface area contributed by atoms with Crippen LogP contribution in [0, 0.1) is 0 Å². The normalized spacial score (nSPS) is 10.4. The Hall–Kier alpha value is -1.53. The highest BCUT2D eigenvalue weighted by molar-refractivity contribution is 9.10. The molecule has 1 amide bonds. The molecule has 0 bridgehead atoms. The summed E-state index contributed by atoms with van der Waals surface area (Å²) in [5, 5.41) is 2.01. The van der Waals surface area contributed by atoms with Crippen molar-refractivity contribution in [3.8, 4) is 11.5 Å². The standard InChI is InChI=1S/C17H20BrNO3S/c1-3-8-21-14-4-6-15(7-5-14)22-11-17(20)19(2)10-16-9-13(18)12-23-16/h4-7,9,12H,3,8,10-11H2,1-2H3. The summed E-state index contributed by atoms with van der Waals surface area (Å²) < 4.78 is 12.1. The second-order valence-electron chi connectivity index (χ2n) is 5.09. The number of benzene rings is 1. The van der Waals surface area contributed by atoms with E-state index in [0.29, 0.717) is 18.9 Å². The number of thiophene rings is 1. The van der Waals surface area contributed by atoms with E-state index in [1.807, 2.05) is 35.7 Å². The van der Waals surface area contributed by atoms with Crippen molar-refractivity contribution in [1.82, 2.24) is 4.90 Å². The van der Waals surface area contributed by atoms with Crippen molar-refractivity contribution in [3.63, 3.8) is 0 Å². The summed E-state index contributed by atoms with van der Waals surface area (Å²) in [5.74, 6) is 1.42. The van der Waals surface area contributed by atoms with Crippen molar-refractivity contribution in [3.05, 3.63) is 45.1 Å². The van der Waals surface area contributed by atoms with Gasteiger partial charge in [-0.25, -0.2) is 0 Å². The molecule has 0 N–H and O–H groups in total. The molecule has 0 atom stereocenters. The van der Waals surface area contributed by atoms with Crippen LogP contribution >= 0.6 is 27.3 Å². The van der Waals surface area contributed by atoms with Gasteiger partial charge in [-0.1, -0.05) is 6.92 Å². The van der Waals surface area contributed by atoms with Gasteiger partial charge >= 0.3 is 0 Å². The zero-order valence-electron chi connectivity index (χ0n) is 13.3. The first-order valence-electron chi connectivity index (χ1n) is 7.41. The average molecular weight is 398 g/mol. The lowest BCUT2D eigenvalue weighted by molar-refractivity contribution is -0.132. The molecule has 4 nitrogen and oxygen atoms in total. The number of nitrogens with zero attached hydrogens (tertiary/aromatic N) is 1. The Balaban J connectivity index is 1.79. The molecule has 0 aliphatic carbocycles. The molecule has 0 aliphatic rings. The van der Waals surface area contributed by atoms with Crippen molar-refractivity contribution >= 4 is 33.2 Å². The van der Waals surface area contributed by atoms with Crippen molar-refractivity contribution in [2.75, 3.05) is 20.3 Å². The van der Waals surface area contributed by atoms with Crippen LogP contribution in [0.3, 0.4) is 0 Å². The summed E-state index contributed by atoms with van der Waals surface area (Å²) in [7, 11) is 1.78. The molecule has 2 aromatic rings. The minimum absolute atomic E-state index is 0.0260. The van der Waals surface area contributed by atoms with Crippen molar-refractivity contribution in [2.45, 2.75) is 19.9 Å². The first-order chi connectivity index (χ1) is 11.1. The Labute approximate surface area is 149 Å². The molecule has 23 heavy (non-hydrogen) atoms. The van der Waals surface area contributed by atoms with Gasteiger partial charge in [-0.3, -0.25) is 4.79 Å². The van der Waals surface area contributed by atoms with Crippen LogP contribution in [-0.4, -0.2) is 31.1 Å². The van der Waals surface area contributed by atoms with Crippen LogP contribution < -0.4 is 9.47 Å². The lowest BCUT2D eigenvalue weighted by Crippen LogP contribution is -2.30. The summed E-state index contributed by atoms with van der Waals surface area (Å²) >= 11 is 5.04. The monoisotopic (exact) mass is 397 g/mol. The number of ether oxygens (including phenoxy) is 2. The van der Waals surface area contributed by atoms with E-state index in [4.69, 9.17) is 9.47 Å². The van der Waals surface area contributed by atoms with Crippen LogP contribution in [0.2, 0.25) is 0 Å². The van der Waals surface area contributed by atoms with Gasteiger partial charge in [0, 0.05) is 21.8 Å². The molecule has 0 fully saturated rings. The number of carbonyl (C=O) groups is 1. The first-order valence-corrected chi connectivity index (χ1v) is 9.08. The van der Waals surface area contributed by atoms with Gasteiger partial charge in [0.05, 0.1) is 13.2 Å². The lowest BCUT2D eigenvalue weighted by atomic mass is 10.3. The van der Waals surface area contributed by atoms with E-state index in [9.17, 15) is 4.79 Å². The summed E-state index contributed by atoms with van der Waals surface area (Å²) in [4.78, 5) is 14.9. The lowest BCUT2D eigenvalue weighted by Gasteiger charge is -2.16. The molecule has 0 spiro atoms. The number of hydrogen-bond acceptors (Lipinski definition) is 4. The van der Waals surface area contributed by atoms with E-state index in [0.717, 1.165) is 21.5 Å². The van der Waals surface area contributed by atoms with Crippen molar-refractivity contribution in [1.29, 1.82) is 0 Å². The first kappa shape index (κ1) is 17.8. The fourth-order valence-electron chi connectivity index (χ4n) is 1.87. The molecule has 0 radical (unpaired) electrons. The molecule has 1 aromatic heterocycles. The van der Waals surface area contributed by atoms with Gasteiger partial charge < -0.3 is 14.4 Å². The average Bonchev–Trinajstić information content (AvgIpc) is 2.96. The van der Waals surface area contributed by atoms with Crippen LogP contribution in [0.15, 0.2) is 40.2 Å². The maximum absolute atomic E-state index is 12.1. The minimum atomic E-state index is -0.0548. The third kappa shape index (κ3) is 5.88. The van der Waals surface area contributed by atoms with Gasteiger partial charge in [-0.15, -0.1) is 11.3 Å². The zero-order chi connectivity index (χ0) is 16.7. The quantitative estimate of drug-likeness (QED) is 0.664. The Morgan fingerprint density at radius 3 is 2.43 bits per heavy atom. The molecule has 0 saturated heterocycles. The topological polar surface area (TPSA) is 38.8 Å². The molecular weight excluding hydrogens is 378 g/mol. The van der Waals surface area contributed by atoms with Gasteiger partial charge in [-0.05, 0) is 52.7 Å². The number of likely N-dealkylation sites (N-methyl/N-ethyl adjacent to an activating group) is 1.